The van der Waals surface area contributed by atoms with Gasteiger partial charge in [-0.15, -0.1) is 10.2 Å². The summed E-state index contributed by atoms with van der Waals surface area (Å²) in [5.41, 5.74) is 1.48. The molecular weight excluding hydrogens is 362 g/mol. The van der Waals surface area contributed by atoms with E-state index in [1.807, 2.05) is 35.2 Å². The number of aromatic nitrogens is 3. The Morgan fingerprint density at radius 1 is 1.15 bits per heavy atom. The monoisotopic (exact) mass is 381 g/mol. The fourth-order valence-electron chi connectivity index (χ4n) is 4.12. The molecule has 0 unspecified atom stereocenters. The summed E-state index contributed by atoms with van der Waals surface area (Å²) in [6.07, 6.45) is 1.88. The number of anilines is 1. The summed E-state index contributed by atoms with van der Waals surface area (Å²) in [4.78, 5) is 17.1. The van der Waals surface area contributed by atoms with E-state index in [0.717, 1.165) is 41.6 Å². The summed E-state index contributed by atoms with van der Waals surface area (Å²) in [5, 5.41) is 14.6. The Bertz CT molecular complexity index is 969. The molecule has 2 saturated heterocycles. The number of nitrogens with zero attached hydrogens (tertiary/aromatic N) is 5. The van der Waals surface area contributed by atoms with Crippen LogP contribution in [0.15, 0.2) is 40.9 Å². The molecule has 2 aliphatic rings. The van der Waals surface area contributed by atoms with Crippen LogP contribution >= 0.6 is 11.3 Å². The molecule has 4 heterocycles. The van der Waals surface area contributed by atoms with E-state index in [1.54, 1.807) is 24.3 Å². The van der Waals surface area contributed by atoms with Gasteiger partial charge >= 0.3 is 0 Å². The van der Waals surface area contributed by atoms with Gasteiger partial charge in [-0.1, -0.05) is 46.8 Å². The summed E-state index contributed by atoms with van der Waals surface area (Å²) in [6, 6.07) is 12.3. The van der Waals surface area contributed by atoms with Crippen molar-refractivity contribution in [2.75, 3.05) is 18.0 Å². The summed E-state index contributed by atoms with van der Waals surface area (Å²) in [6.45, 7) is 3.43. The van der Waals surface area contributed by atoms with Gasteiger partial charge in [0.25, 0.3) is 5.91 Å². The summed E-state index contributed by atoms with van der Waals surface area (Å²) < 4.78 is 5.07. The highest BCUT2D eigenvalue weighted by atomic mass is 32.1. The molecule has 0 saturated carbocycles. The Balaban J connectivity index is 1.35. The van der Waals surface area contributed by atoms with Crippen molar-refractivity contribution < 1.29 is 9.32 Å². The Morgan fingerprint density at radius 2 is 1.96 bits per heavy atom. The number of rotatable bonds is 3. The van der Waals surface area contributed by atoms with E-state index < -0.39 is 0 Å². The van der Waals surface area contributed by atoms with E-state index in [0.29, 0.717) is 17.5 Å². The lowest BCUT2D eigenvalue weighted by molar-refractivity contribution is 0.0727. The molecule has 0 bridgehead atoms. The first-order valence-corrected chi connectivity index (χ1v) is 9.92. The summed E-state index contributed by atoms with van der Waals surface area (Å²) >= 11 is 1.61. The average molecular weight is 381 g/mol. The molecule has 2 fully saturated rings. The zero-order chi connectivity index (χ0) is 18.4. The van der Waals surface area contributed by atoms with Crippen LogP contribution in [0.1, 0.15) is 29.1 Å². The zero-order valence-electron chi connectivity index (χ0n) is 14.9. The van der Waals surface area contributed by atoms with Crippen LogP contribution in [0.5, 0.6) is 0 Å². The Labute approximate surface area is 160 Å². The first-order valence-electron chi connectivity index (χ1n) is 9.10. The number of fused-ring (bicyclic) bond motifs is 1. The SMILES string of the molecule is Cc1cc(C(=O)N2CC[C@H]3[C@@H]2CCN3c2nnc(-c3ccccc3)s2)no1. The Morgan fingerprint density at radius 3 is 2.74 bits per heavy atom. The van der Waals surface area contributed by atoms with Crippen molar-refractivity contribution in [2.45, 2.75) is 31.8 Å². The lowest BCUT2D eigenvalue weighted by atomic mass is 10.1. The maximum absolute atomic E-state index is 12.8. The fraction of sp³-hybridized carbons (Fsp3) is 0.368. The average Bonchev–Trinajstić information content (AvgIpc) is 3.45. The van der Waals surface area contributed by atoms with Gasteiger partial charge in [-0.25, -0.2) is 0 Å². The van der Waals surface area contributed by atoms with Crippen LogP contribution in [-0.4, -0.2) is 51.3 Å². The predicted octanol–water partition coefficient (Wildman–Crippen LogP) is 2.99. The lowest BCUT2D eigenvalue weighted by Gasteiger charge is -2.24. The second-order valence-electron chi connectivity index (χ2n) is 6.98. The van der Waals surface area contributed by atoms with E-state index in [9.17, 15) is 4.79 Å². The minimum Gasteiger partial charge on any atom is -0.361 e. The van der Waals surface area contributed by atoms with E-state index >= 15 is 0 Å². The van der Waals surface area contributed by atoms with Crippen molar-refractivity contribution in [1.82, 2.24) is 20.3 Å². The van der Waals surface area contributed by atoms with E-state index in [1.165, 1.54) is 0 Å². The molecule has 138 valence electrons. The largest absolute Gasteiger partial charge is 0.361 e. The Kier molecular flexibility index (Phi) is 3.93. The third-order valence-electron chi connectivity index (χ3n) is 5.37. The molecule has 0 radical (unpaired) electrons. The van der Waals surface area contributed by atoms with Gasteiger partial charge < -0.3 is 14.3 Å². The van der Waals surface area contributed by atoms with Gasteiger partial charge in [-0.2, -0.15) is 0 Å². The highest BCUT2D eigenvalue weighted by molar-refractivity contribution is 7.18. The fourth-order valence-corrected chi connectivity index (χ4v) is 5.05. The van der Waals surface area contributed by atoms with E-state index in [4.69, 9.17) is 4.52 Å². The van der Waals surface area contributed by atoms with Gasteiger partial charge in [0.2, 0.25) is 5.13 Å². The van der Waals surface area contributed by atoms with Crippen LogP contribution in [0.4, 0.5) is 5.13 Å². The highest BCUT2D eigenvalue weighted by Crippen LogP contribution is 2.38. The second kappa shape index (κ2) is 6.45. The molecule has 0 N–H and O–H groups in total. The van der Waals surface area contributed by atoms with Gasteiger partial charge in [0, 0.05) is 24.7 Å². The maximum atomic E-state index is 12.8. The molecule has 0 aliphatic carbocycles. The van der Waals surface area contributed by atoms with E-state index in [-0.39, 0.29) is 11.9 Å². The topological polar surface area (TPSA) is 75.4 Å². The first-order chi connectivity index (χ1) is 13.2. The number of carbonyl (C=O) groups excluding carboxylic acids is 1. The van der Waals surface area contributed by atoms with Crippen molar-refractivity contribution in [3.63, 3.8) is 0 Å². The van der Waals surface area contributed by atoms with Crippen LogP contribution in [0.25, 0.3) is 10.6 Å². The number of carbonyl (C=O) groups is 1. The number of likely N-dealkylation sites (tertiary alicyclic amines) is 1. The molecule has 2 atom stereocenters. The molecule has 5 rings (SSSR count). The molecule has 2 aromatic heterocycles. The third-order valence-corrected chi connectivity index (χ3v) is 6.37. The van der Waals surface area contributed by atoms with Gasteiger partial charge in [-0.3, -0.25) is 4.79 Å². The van der Waals surface area contributed by atoms with Crippen molar-refractivity contribution in [3.8, 4) is 10.6 Å². The summed E-state index contributed by atoms with van der Waals surface area (Å²) in [5.74, 6) is 0.618. The summed E-state index contributed by atoms with van der Waals surface area (Å²) in [7, 11) is 0. The van der Waals surface area contributed by atoms with Crippen molar-refractivity contribution >= 4 is 22.4 Å². The molecule has 0 spiro atoms. The second-order valence-corrected chi connectivity index (χ2v) is 7.94. The van der Waals surface area contributed by atoms with Gasteiger partial charge in [0.15, 0.2) is 5.69 Å². The lowest BCUT2D eigenvalue weighted by Crippen LogP contribution is -2.39. The molecule has 2 aliphatic heterocycles. The molecule has 1 aromatic carbocycles. The Hall–Kier alpha value is -2.74. The predicted molar refractivity (Wildman–Crippen MR) is 102 cm³/mol. The van der Waals surface area contributed by atoms with Crippen LogP contribution in [-0.2, 0) is 0 Å². The minimum absolute atomic E-state index is 0.0385. The number of aryl methyl sites for hydroxylation is 1. The van der Waals surface area contributed by atoms with Crippen LogP contribution < -0.4 is 4.90 Å². The number of benzene rings is 1. The van der Waals surface area contributed by atoms with Crippen LogP contribution in [0, 0.1) is 6.92 Å². The molecular formula is C19H19N5O2S. The quantitative estimate of drug-likeness (QED) is 0.694. The van der Waals surface area contributed by atoms with Gasteiger partial charge in [0.1, 0.15) is 10.8 Å². The van der Waals surface area contributed by atoms with E-state index in [2.05, 4.69) is 20.3 Å². The molecule has 27 heavy (non-hydrogen) atoms. The number of hydrogen-bond acceptors (Lipinski definition) is 7. The van der Waals surface area contributed by atoms with Crippen LogP contribution in [0.2, 0.25) is 0 Å². The van der Waals surface area contributed by atoms with Gasteiger partial charge in [-0.05, 0) is 19.8 Å². The number of amides is 1. The molecule has 8 heteroatoms. The molecule has 1 amide bonds. The highest BCUT2D eigenvalue weighted by Gasteiger charge is 2.46. The van der Waals surface area contributed by atoms with Crippen molar-refractivity contribution in [3.05, 3.63) is 47.9 Å². The zero-order valence-corrected chi connectivity index (χ0v) is 15.7. The van der Waals surface area contributed by atoms with Crippen LogP contribution in [0.3, 0.4) is 0 Å². The molecule has 7 nitrogen and oxygen atoms in total. The minimum atomic E-state index is -0.0385. The standard InChI is InChI=1S/C19H19N5O2S/c1-12-11-14(22-26-12)18(25)23-9-7-16-15(23)8-10-24(16)19-21-20-17(27-19)13-5-3-2-4-6-13/h2-6,11,15-16H,7-10H2,1H3/t15-,16-/m0/s1. The third kappa shape index (κ3) is 2.80. The van der Waals surface area contributed by atoms with Crippen molar-refractivity contribution in [2.24, 2.45) is 0 Å². The van der Waals surface area contributed by atoms with Crippen molar-refractivity contribution in [1.29, 1.82) is 0 Å². The normalized spacial score (nSPS) is 21.7. The number of hydrogen-bond donors (Lipinski definition) is 0. The smallest absolute Gasteiger partial charge is 0.276 e. The maximum Gasteiger partial charge on any atom is 0.276 e. The van der Waals surface area contributed by atoms with Gasteiger partial charge in [0.05, 0.1) is 12.1 Å². The first kappa shape index (κ1) is 16.4. The molecule has 3 aromatic rings.